The van der Waals surface area contributed by atoms with Crippen LogP contribution >= 0.6 is 11.3 Å². The van der Waals surface area contributed by atoms with Gasteiger partial charge in [0.15, 0.2) is 5.78 Å². The van der Waals surface area contributed by atoms with E-state index in [4.69, 9.17) is 0 Å². The summed E-state index contributed by atoms with van der Waals surface area (Å²) in [7, 11) is 1.85. The predicted molar refractivity (Wildman–Crippen MR) is 85.5 cm³/mol. The maximum atomic E-state index is 13.8. The molecule has 2 nitrogen and oxygen atoms in total. The first-order chi connectivity index (χ1) is 10.0. The molecule has 0 amide bonds. The van der Waals surface area contributed by atoms with Crippen LogP contribution in [0.25, 0.3) is 0 Å². The molecule has 0 saturated carbocycles. The molecule has 0 saturated heterocycles. The van der Waals surface area contributed by atoms with E-state index in [-0.39, 0.29) is 17.6 Å². The molecule has 2 rings (SSSR count). The van der Waals surface area contributed by atoms with E-state index < -0.39 is 0 Å². The second-order valence-electron chi connectivity index (χ2n) is 5.16. The number of thiophene rings is 1. The van der Waals surface area contributed by atoms with E-state index >= 15 is 0 Å². The molecule has 21 heavy (non-hydrogen) atoms. The van der Waals surface area contributed by atoms with E-state index in [2.05, 4.69) is 6.92 Å². The fourth-order valence-electron chi connectivity index (χ4n) is 2.21. The Morgan fingerprint density at radius 3 is 2.62 bits per heavy atom. The first kappa shape index (κ1) is 15.9. The molecule has 4 heteroatoms. The molecule has 0 spiro atoms. The number of carbonyl (C=O) groups is 1. The molecule has 0 aliphatic rings. The van der Waals surface area contributed by atoms with Crippen molar-refractivity contribution in [3.05, 3.63) is 57.5 Å². The monoisotopic (exact) mass is 305 g/mol. The number of hydrogen-bond acceptors (Lipinski definition) is 3. The molecule has 0 N–H and O–H groups in total. The molecule has 1 unspecified atom stereocenters. The van der Waals surface area contributed by atoms with E-state index in [0.717, 1.165) is 11.3 Å². The summed E-state index contributed by atoms with van der Waals surface area (Å²) in [5, 5.41) is 0. The minimum Gasteiger partial charge on any atom is -0.292 e. The van der Waals surface area contributed by atoms with Gasteiger partial charge in [0.1, 0.15) is 5.82 Å². The van der Waals surface area contributed by atoms with Gasteiger partial charge in [-0.15, -0.1) is 11.3 Å². The van der Waals surface area contributed by atoms with Gasteiger partial charge in [-0.1, -0.05) is 25.1 Å². The van der Waals surface area contributed by atoms with Gasteiger partial charge in [-0.2, -0.15) is 0 Å². The van der Waals surface area contributed by atoms with Crippen molar-refractivity contribution < 1.29 is 9.18 Å². The Labute approximate surface area is 129 Å². The van der Waals surface area contributed by atoms with Crippen LogP contribution in [0.2, 0.25) is 0 Å². The van der Waals surface area contributed by atoms with E-state index in [0.29, 0.717) is 12.1 Å². The number of ketones is 1. The summed E-state index contributed by atoms with van der Waals surface area (Å²) in [5.74, 6) is -0.140. The molecule has 1 atom stereocenters. The Kier molecular flexibility index (Phi) is 5.26. The minimum atomic E-state index is -0.228. The molecular weight excluding hydrogens is 285 g/mol. The van der Waals surface area contributed by atoms with Gasteiger partial charge in [0.2, 0.25) is 0 Å². The van der Waals surface area contributed by atoms with E-state index in [1.807, 2.05) is 37.1 Å². The van der Waals surface area contributed by atoms with Crippen molar-refractivity contribution in [2.45, 2.75) is 26.3 Å². The van der Waals surface area contributed by atoms with Gasteiger partial charge in [0.05, 0.1) is 11.4 Å². The number of Topliss-reactive ketones (excluding diaryl/α,β-unsaturated/α-hetero) is 1. The Bertz CT molecular complexity index is 623. The Morgan fingerprint density at radius 2 is 2.00 bits per heavy atom. The quantitative estimate of drug-likeness (QED) is 0.741. The molecule has 0 bridgehead atoms. The highest BCUT2D eigenvalue weighted by molar-refractivity contribution is 7.14. The third-order valence-corrected chi connectivity index (χ3v) is 4.97. The second-order valence-corrected chi connectivity index (χ2v) is 6.32. The summed E-state index contributed by atoms with van der Waals surface area (Å²) < 4.78 is 13.8. The standard InChI is InChI=1S/C17H20FNOS/c1-4-13-9-10-17(21-13)16(20)11-19(3)12(2)14-7-5-6-8-15(14)18/h5-10,12H,4,11H2,1-3H3. The van der Waals surface area contributed by atoms with Gasteiger partial charge in [0, 0.05) is 16.5 Å². The summed E-state index contributed by atoms with van der Waals surface area (Å²) in [6.07, 6.45) is 0.944. The van der Waals surface area contributed by atoms with Gasteiger partial charge in [-0.3, -0.25) is 9.69 Å². The van der Waals surface area contributed by atoms with Crippen molar-refractivity contribution in [3.63, 3.8) is 0 Å². The summed E-state index contributed by atoms with van der Waals surface area (Å²) >= 11 is 1.54. The molecule has 112 valence electrons. The zero-order chi connectivity index (χ0) is 15.4. The first-order valence-corrected chi connectivity index (χ1v) is 7.91. The topological polar surface area (TPSA) is 20.3 Å². The van der Waals surface area contributed by atoms with Crippen molar-refractivity contribution in [3.8, 4) is 0 Å². The lowest BCUT2D eigenvalue weighted by molar-refractivity contribution is 0.0927. The first-order valence-electron chi connectivity index (χ1n) is 7.09. The summed E-state index contributed by atoms with van der Waals surface area (Å²) in [6.45, 7) is 4.28. The maximum Gasteiger partial charge on any atom is 0.186 e. The fraction of sp³-hybridized carbons (Fsp3) is 0.353. The molecule has 0 aliphatic carbocycles. The lowest BCUT2D eigenvalue weighted by Crippen LogP contribution is -2.29. The van der Waals surface area contributed by atoms with Crippen LogP contribution in [0, 0.1) is 5.82 Å². The summed E-state index contributed by atoms with van der Waals surface area (Å²) in [4.78, 5) is 16.1. The smallest absolute Gasteiger partial charge is 0.186 e. The lowest BCUT2D eigenvalue weighted by atomic mass is 10.1. The van der Waals surface area contributed by atoms with Crippen LogP contribution < -0.4 is 0 Å². The van der Waals surface area contributed by atoms with Gasteiger partial charge in [0.25, 0.3) is 0 Å². The van der Waals surface area contributed by atoms with Crippen molar-refractivity contribution >= 4 is 17.1 Å². The zero-order valence-electron chi connectivity index (χ0n) is 12.6. The SMILES string of the molecule is CCc1ccc(C(=O)CN(C)C(C)c2ccccc2F)s1. The molecule has 0 radical (unpaired) electrons. The molecule has 1 aromatic heterocycles. The number of rotatable bonds is 6. The number of likely N-dealkylation sites (N-methyl/N-ethyl adjacent to an activating group) is 1. The summed E-state index contributed by atoms with van der Waals surface area (Å²) in [6, 6.07) is 10.5. The van der Waals surface area contributed by atoms with Crippen molar-refractivity contribution in [2.24, 2.45) is 0 Å². The van der Waals surface area contributed by atoms with Crippen LogP contribution in [0.3, 0.4) is 0 Å². The number of halogens is 1. The minimum absolute atomic E-state index is 0.0883. The van der Waals surface area contributed by atoms with Crippen LogP contribution in [0.15, 0.2) is 36.4 Å². The van der Waals surface area contributed by atoms with Crippen molar-refractivity contribution in [1.82, 2.24) is 4.90 Å². The maximum absolute atomic E-state index is 13.8. The van der Waals surface area contributed by atoms with Crippen LogP contribution in [0.5, 0.6) is 0 Å². The molecule has 0 aliphatic heterocycles. The van der Waals surface area contributed by atoms with E-state index in [9.17, 15) is 9.18 Å². The van der Waals surface area contributed by atoms with E-state index in [1.165, 1.54) is 10.9 Å². The Hall–Kier alpha value is -1.52. The summed E-state index contributed by atoms with van der Waals surface area (Å²) in [5.41, 5.74) is 0.619. The highest BCUT2D eigenvalue weighted by Gasteiger charge is 2.19. The predicted octanol–water partition coefficient (Wildman–Crippen LogP) is 4.33. The molecular formula is C17H20FNOS. The fourth-order valence-corrected chi connectivity index (χ4v) is 3.09. The highest BCUT2D eigenvalue weighted by Crippen LogP contribution is 2.23. The van der Waals surface area contributed by atoms with Gasteiger partial charge in [-0.25, -0.2) is 4.39 Å². The van der Waals surface area contributed by atoms with Crippen molar-refractivity contribution in [1.29, 1.82) is 0 Å². The number of benzene rings is 1. The normalized spacial score (nSPS) is 12.6. The average molecular weight is 305 g/mol. The van der Waals surface area contributed by atoms with Crippen LogP contribution in [0.1, 0.15) is 40.0 Å². The third-order valence-electron chi connectivity index (χ3n) is 3.69. The second kappa shape index (κ2) is 6.96. The largest absolute Gasteiger partial charge is 0.292 e. The third kappa shape index (κ3) is 3.77. The van der Waals surface area contributed by atoms with Crippen molar-refractivity contribution in [2.75, 3.05) is 13.6 Å². The average Bonchev–Trinajstić information content (AvgIpc) is 2.96. The molecule has 1 aromatic carbocycles. The van der Waals surface area contributed by atoms with Gasteiger partial charge in [-0.05, 0) is 38.6 Å². The Balaban J connectivity index is 2.05. The van der Waals surface area contributed by atoms with Crippen LogP contribution in [-0.4, -0.2) is 24.3 Å². The lowest BCUT2D eigenvalue weighted by Gasteiger charge is -2.24. The molecule has 2 aromatic rings. The number of carbonyl (C=O) groups excluding carboxylic acids is 1. The number of aryl methyl sites for hydroxylation is 1. The van der Waals surface area contributed by atoms with Gasteiger partial charge < -0.3 is 0 Å². The zero-order valence-corrected chi connectivity index (χ0v) is 13.4. The Morgan fingerprint density at radius 1 is 1.29 bits per heavy atom. The molecule has 1 heterocycles. The van der Waals surface area contributed by atoms with Crippen LogP contribution in [0.4, 0.5) is 4.39 Å². The highest BCUT2D eigenvalue weighted by atomic mass is 32.1. The van der Waals surface area contributed by atoms with E-state index in [1.54, 1.807) is 23.5 Å². The van der Waals surface area contributed by atoms with Crippen LogP contribution in [-0.2, 0) is 6.42 Å². The number of nitrogens with zero attached hydrogens (tertiary/aromatic N) is 1. The number of hydrogen-bond donors (Lipinski definition) is 0. The molecule has 0 fully saturated rings. The van der Waals surface area contributed by atoms with Gasteiger partial charge >= 0.3 is 0 Å².